The number of carbonyl (C=O) groups excluding carboxylic acids is 1. The molecule has 0 fully saturated rings. The zero-order chi connectivity index (χ0) is 23.7. The molecule has 1 unspecified atom stereocenters. The molecule has 4 aromatic rings. The molecule has 0 radical (unpaired) electrons. The Morgan fingerprint density at radius 2 is 1.79 bits per heavy atom. The molecule has 1 atom stereocenters. The number of allylic oxidation sites excluding steroid dienone is 1. The molecule has 5 rings (SSSR count). The van der Waals surface area contributed by atoms with E-state index in [9.17, 15) is 4.79 Å². The summed E-state index contributed by atoms with van der Waals surface area (Å²) in [5, 5.41) is 7.36. The number of nitrogens with zero attached hydrogens (tertiary/aromatic N) is 3. The minimum Gasteiger partial charge on any atom is -0.467 e. The van der Waals surface area contributed by atoms with Gasteiger partial charge in [-0.2, -0.15) is 4.98 Å². The number of nitrogens with one attached hydrogen (secondary N) is 1. The molecule has 2 aromatic carbocycles. The number of furan rings is 1. The molecule has 0 spiro atoms. The molecule has 1 N–H and O–H groups in total. The van der Waals surface area contributed by atoms with Gasteiger partial charge < -0.3 is 14.3 Å². The lowest BCUT2D eigenvalue weighted by Crippen LogP contribution is -2.45. The Balaban J connectivity index is 1.58. The van der Waals surface area contributed by atoms with Crippen LogP contribution in [0.2, 0.25) is 0 Å². The zero-order valence-corrected chi connectivity index (χ0v) is 19.4. The van der Waals surface area contributed by atoms with Crippen LogP contribution < -0.4 is 5.32 Å². The summed E-state index contributed by atoms with van der Waals surface area (Å²) < 4.78 is 11.2. The Morgan fingerprint density at radius 3 is 2.47 bits per heavy atom. The van der Waals surface area contributed by atoms with Crippen LogP contribution in [0.5, 0.6) is 0 Å². The molecule has 1 aliphatic rings. The Hall–Kier alpha value is -4.13. The van der Waals surface area contributed by atoms with E-state index >= 15 is 0 Å². The number of carbonyl (C=O) groups is 1. The number of rotatable bonds is 6. The van der Waals surface area contributed by atoms with Crippen molar-refractivity contribution in [2.75, 3.05) is 0 Å². The SMILES string of the molecule is CCc1ccc(-c2noc(C3=C(C)N(Cc4ccco4)C(=O)NC3c3ccc(C)cc3)n2)cc1. The molecular weight excluding hydrogens is 428 g/mol. The van der Waals surface area contributed by atoms with E-state index in [0.29, 0.717) is 24.0 Å². The van der Waals surface area contributed by atoms with Gasteiger partial charge in [-0.15, -0.1) is 0 Å². The number of benzene rings is 2. The zero-order valence-electron chi connectivity index (χ0n) is 19.4. The number of hydrogen-bond acceptors (Lipinski definition) is 5. The van der Waals surface area contributed by atoms with Crippen molar-refractivity contribution in [1.82, 2.24) is 20.4 Å². The summed E-state index contributed by atoms with van der Waals surface area (Å²) in [5.41, 5.74) is 5.71. The van der Waals surface area contributed by atoms with Gasteiger partial charge in [-0.3, -0.25) is 4.90 Å². The van der Waals surface area contributed by atoms with Gasteiger partial charge in [0.1, 0.15) is 5.76 Å². The topological polar surface area (TPSA) is 84.4 Å². The fourth-order valence-electron chi connectivity index (χ4n) is 4.16. The van der Waals surface area contributed by atoms with Crippen LogP contribution in [0.4, 0.5) is 4.79 Å². The molecule has 2 amide bonds. The average Bonchev–Trinajstić information content (AvgIpc) is 3.54. The molecule has 7 nitrogen and oxygen atoms in total. The molecule has 0 aliphatic carbocycles. The third-order valence-electron chi connectivity index (χ3n) is 6.18. The van der Waals surface area contributed by atoms with Gasteiger partial charge in [-0.05, 0) is 43.5 Å². The Bertz CT molecular complexity index is 1320. The molecule has 0 saturated heterocycles. The minimum atomic E-state index is -0.420. The van der Waals surface area contributed by atoms with Crippen molar-refractivity contribution in [1.29, 1.82) is 0 Å². The van der Waals surface area contributed by atoms with Crippen molar-refractivity contribution in [2.45, 2.75) is 39.8 Å². The highest BCUT2D eigenvalue weighted by molar-refractivity contribution is 5.86. The first-order valence-electron chi connectivity index (χ1n) is 11.3. The first-order valence-corrected chi connectivity index (χ1v) is 11.3. The monoisotopic (exact) mass is 454 g/mol. The van der Waals surface area contributed by atoms with Crippen LogP contribution in [0.15, 0.2) is 81.6 Å². The van der Waals surface area contributed by atoms with E-state index in [1.807, 2.05) is 56.3 Å². The molecule has 34 heavy (non-hydrogen) atoms. The molecule has 2 aromatic heterocycles. The van der Waals surface area contributed by atoms with E-state index in [-0.39, 0.29) is 6.03 Å². The second-order valence-corrected chi connectivity index (χ2v) is 8.43. The maximum absolute atomic E-state index is 13.1. The van der Waals surface area contributed by atoms with Crippen molar-refractivity contribution < 1.29 is 13.7 Å². The first-order chi connectivity index (χ1) is 16.5. The maximum Gasteiger partial charge on any atom is 0.322 e. The van der Waals surface area contributed by atoms with E-state index in [0.717, 1.165) is 34.4 Å². The Morgan fingerprint density at radius 1 is 1.03 bits per heavy atom. The van der Waals surface area contributed by atoms with Crippen molar-refractivity contribution >= 4 is 11.6 Å². The van der Waals surface area contributed by atoms with Crippen molar-refractivity contribution in [3.05, 3.63) is 101 Å². The normalized spacial score (nSPS) is 16.1. The number of hydrogen-bond donors (Lipinski definition) is 1. The smallest absolute Gasteiger partial charge is 0.322 e. The van der Waals surface area contributed by atoms with Gasteiger partial charge in [-0.1, -0.05) is 66.2 Å². The summed E-state index contributed by atoms with van der Waals surface area (Å²) in [6.07, 6.45) is 2.56. The standard InChI is InChI=1S/C27H26N4O3/c1-4-19-9-13-21(14-10-19)25-29-26(34-30-25)23-18(3)31(16-22-6-5-15-33-22)27(32)28-24(23)20-11-7-17(2)8-12-20/h5-15,24H,4,16H2,1-3H3,(H,28,32). The maximum atomic E-state index is 13.1. The van der Waals surface area contributed by atoms with Gasteiger partial charge >= 0.3 is 6.03 Å². The van der Waals surface area contributed by atoms with Crippen molar-refractivity contribution in [3.63, 3.8) is 0 Å². The fraction of sp³-hybridized carbons (Fsp3) is 0.222. The predicted molar refractivity (Wildman–Crippen MR) is 128 cm³/mol. The lowest BCUT2D eigenvalue weighted by Gasteiger charge is -2.34. The van der Waals surface area contributed by atoms with Crippen LogP contribution in [-0.4, -0.2) is 21.1 Å². The van der Waals surface area contributed by atoms with E-state index in [2.05, 4.69) is 29.5 Å². The van der Waals surface area contributed by atoms with Crippen LogP contribution in [0.25, 0.3) is 17.0 Å². The summed E-state index contributed by atoms with van der Waals surface area (Å²) in [5.74, 6) is 1.57. The van der Waals surface area contributed by atoms with Gasteiger partial charge in [0.2, 0.25) is 5.82 Å². The van der Waals surface area contributed by atoms with Gasteiger partial charge in [-0.25, -0.2) is 4.79 Å². The van der Waals surface area contributed by atoms with E-state index < -0.39 is 6.04 Å². The summed E-state index contributed by atoms with van der Waals surface area (Å²) >= 11 is 0. The van der Waals surface area contributed by atoms with Gasteiger partial charge in [0.05, 0.1) is 24.4 Å². The summed E-state index contributed by atoms with van der Waals surface area (Å²) in [4.78, 5) is 19.5. The lowest BCUT2D eigenvalue weighted by atomic mass is 9.94. The second kappa shape index (κ2) is 9.02. The predicted octanol–water partition coefficient (Wildman–Crippen LogP) is 5.90. The van der Waals surface area contributed by atoms with Crippen LogP contribution in [0.1, 0.15) is 48.2 Å². The third kappa shape index (κ3) is 4.12. The van der Waals surface area contributed by atoms with E-state index in [4.69, 9.17) is 13.9 Å². The molecular formula is C27H26N4O3. The molecule has 0 bridgehead atoms. The number of aromatic nitrogens is 2. The lowest BCUT2D eigenvalue weighted by molar-refractivity contribution is 0.199. The molecule has 172 valence electrons. The van der Waals surface area contributed by atoms with Crippen molar-refractivity contribution in [3.8, 4) is 11.4 Å². The second-order valence-electron chi connectivity index (χ2n) is 8.43. The highest BCUT2D eigenvalue weighted by Gasteiger charge is 2.36. The van der Waals surface area contributed by atoms with Gasteiger partial charge in [0.25, 0.3) is 5.89 Å². The highest BCUT2D eigenvalue weighted by atomic mass is 16.5. The van der Waals surface area contributed by atoms with Crippen LogP contribution in [-0.2, 0) is 13.0 Å². The van der Waals surface area contributed by atoms with Crippen molar-refractivity contribution in [2.24, 2.45) is 0 Å². The third-order valence-corrected chi connectivity index (χ3v) is 6.18. The van der Waals surface area contributed by atoms with Crippen LogP contribution in [0, 0.1) is 6.92 Å². The highest BCUT2D eigenvalue weighted by Crippen LogP contribution is 2.38. The molecule has 7 heteroatoms. The minimum absolute atomic E-state index is 0.210. The van der Waals surface area contributed by atoms with Crippen LogP contribution >= 0.6 is 0 Å². The first kappa shape index (κ1) is 21.7. The Kier molecular flexibility index (Phi) is 5.76. The molecule has 1 aliphatic heterocycles. The summed E-state index contributed by atoms with van der Waals surface area (Å²) in [6, 6.07) is 19.2. The fourth-order valence-corrected chi connectivity index (χ4v) is 4.16. The molecule has 3 heterocycles. The largest absolute Gasteiger partial charge is 0.467 e. The van der Waals surface area contributed by atoms with E-state index in [1.165, 1.54) is 5.56 Å². The summed E-state index contributed by atoms with van der Waals surface area (Å²) in [6.45, 7) is 6.35. The number of urea groups is 1. The molecule has 0 saturated carbocycles. The van der Waals surface area contributed by atoms with E-state index in [1.54, 1.807) is 17.2 Å². The van der Waals surface area contributed by atoms with Gasteiger partial charge in [0, 0.05) is 11.3 Å². The van der Waals surface area contributed by atoms with Crippen LogP contribution in [0.3, 0.4) is 0 Å². The van der Waals surface area contributed by atoms with Gasteiger partial charge in [0.15, 0.2) is 0 Å². The average molecular weight is 455 g/mol. The number of amides is 2. The Labute approximate surface area is 198 Å². The quantitative estimate of drug-likeness (QED) is 0.392. The number of aryl methyl sites for hydroxylation is 2. The summed E-state index contributed by atoms with van der Waals surface area (Å²) in [7, 11) is 0.